The molecule has 0 unspecified atom stereocenters. The van der Waals surface area contributed by atoms with Crippen LogP contribution in [0.25, 0.3) is 10.9 Å². The summed E-state index contributed by atoms with van der Waals surface area (Å²) in [5, 5.41) is 4.41. The third kappa shape index (κ3) is 2.62. The second-order valence-electron chi connectivity index (χ2n) is 4.09. The quantitative estimate of drug-likeness (QED) is 0.814. The number of benzene rings is 1. The summed E-state index contributed by atoms with van der Waals surface area (Å²) < 4.78 is 5.53. The SMILES string of the molecule is C=CCNc1cc(C)nc2ccc(OCC)cc12. The van der Waals surface area contributed by atoms with Crippen molar-refractivity contribution < 1.29 is 4.74 Å². The number of nitrogens with zero attached hydrogens (tertiary/aromatic N) is 1. The van der Waals surface area contributed by atoms with Gasteiger partial charge in [-0.25, -0.2) is 0 Å². The topological polar surface area (TPSA) is 34.2 Å². The van der Waals surface area contributed by atoms with E-state index in [0.717, 1.165) is 34.6 Å². The minimum atomic E-state index is 0.667. The predicted octanol–water partition coefficient (Wildman–Crippen LogP) is 3.54. The highest BCUT2D eigenvalue weighted by molar-refractivity contribution is 5.92. The smallest absolute Gasteiger partial charge is 0.120 e. The summed E-state index contributed by atoms with van der Waals surface area (Å²) in [5.74, 6) is 0.873. The number of fused-ring (bicyclic) bond motifs is 1. The highest BCUT2D eigenvalue weighted by atomic mass is 16.5. The summed E-state index contributed by atoms with van der Waals surface area (Å²) in [4.78, 5) is 4.52. The molecule has 3 nitrogen and oxygen atoms in total. The first-order valence-corrected chi connectivity index (χ1v) is 6.13. The second-order valence-corrected chi connectivity index (χ2v) is 4.09. The van der Waals surface area contributed by atoms with Crippen LogP contribution in [0.4, 0.5) is 5.69 Å². The molecule has 18 heavy (non-hydrogen) atoms. The number of aromatic nitrogens is 1. The van der Waals surface area contributed by atoms with Crippen LogP contribution in [0.15, 0.2) is 36.9 Å². The van der Waals surface area contributed by atoms with E-state index in [1.807, 2.05) is 44.2 Å². The van der Waals surface area contributed by atoms with Gasteiger partial charge in [-0.3, -0.25) is 4.98 Å². The normalized spacial score (nSPS) is 10.3. The summed E-state index contributed by atoms with van der Waals surface area (Å²) in [6, 6.07) is 8.01. The summed E-state index contributed by atoms with van der Waals surface area (Å²) in [6.45, 7) is 9.10. The number of pyridine rings is 1. The van der Waals surface area contributed by atoms with Crippen LogP contribution in [0.5, 0.6) is 5.75 Å². The third-order valence-electron chi connectivity index (χ3n) is 2.66. The molecular weight excluding hydrogens is 224 g/mol. The molecule has 0 saturated carbocycles. The van der Waals surface area contributed by atoms with Gasteiger partial charge < -0.3 is 10.1 Å². The van der Waals surface area contributed by atoms with Gasteiger partial charge in [0.05, 0.1) is 12.1 Å². The van der Waals surface area contributed by atoms with Crippen molar-refractivity contribution in [1.29, 1.82) is 0 Å². The molecule has 1 aromatic carbocycles. The van der Waals surface area contributed by atoms with Crippen LogP contribution in [-0.2, 0) is 0 Å². The molecule has 0 spiro atoms. The highest BCUT2D eigenvalue weighted by Crippen LogP contribution is 2.27. The zero-order chi connectivity index (χ0) is 13.0. The largest absolute Gasteiger partial charge is 0.494 e. The van der Waals surface area contributed by atoms with Gasteiger partial charge in [-0.2, -0.15) is 0 Å². The van der Waals surface area contributed by atoms with Crippen molar-refractivity contribution in [2.45, 2.75) is 13.8 Å². The number of hydrogen-bond acceptors (Lipinski definition) is 3. The molecule has 1 heterocycles. The molecule has 1 aromatic heterocycles. The molecule has 0 amide bonds. The van der Waals surface area contributed by atoms with Crippen molar-refractivity contribution in [1.82, 2.24) is 4.98 Å². The maximum absolute atomic E-state index is 5.53. The fraction of sp³-hybridized carbons (Fsp3) is 0.267. The van der Waals surface area contributed by atoms with E-state index < -0.39 is 0 Å². The van der Waals surface area contributed by atoms with Crippen molar-refractivity contribution in [2.75, 3.05) is 18.5 Å². The van der Waals surface area contributed by atoms with E-state index in [1.54, 1.807) is 0 Å². The molecular formula is C15H18N2O. The average molecular weight is 242 g/mol. The van der Waals surface area contributed by atoms with Crippen LogP contribution in [-0.4, -0.2) is 18.1 Å². The molecule has 1 N–H and O–H groups in total. The van der Waals surface area contributed by atoms with Gasteiger partial charge in [-0.05, 0) is 38.1 Å². The molecule has 0 fully saturated rings. The van der Waals surface area contributed by atoms with Gasteiger partial charge in [-0.1, -0.05) is 6.08 Å². The minimum absolute atomic E-state index is 0.667. The molecule has 2 aromatic rings. The second kappa shape index (κ2) is 5.54. The van der Waals surface area contributed by atoms with Crippen LogP contribution in [0, 0.1) is 6.92 Å². The Balaban J connectivity index is 2.50. The monoisotopic (exact) mass is 242 g/mol. The Hall–Kier alpha value is -2.03. The standard InChI is InChI=1S/C15H18N2O/c1-4-8-16-15-9-11(3)17-14-7-6-12(18-5-2)10-13(14)15/h4,6-7,9-10H,1,5,8H2,2-3H3,(H,16,17). The van der Waals surface area contributed by atoms with E-state index in [9.17, 15) is 0 Å². The Morgan fingerprint density at radius 3 is 2.94 bits per heavy atom. The fourth-order valence-corrected chi connectivity index (χ4v) is 1.92. The number of nitrogens with one attached hydrogen (secondary N) is 1. The molecule has 0 radical (unpaired) electrons. The Morgan fingerprint density at radius 1 is 1.39 bits per heavy atom. The van der Waals surface area contributed by atoms with Gasteiger partial charge in [0, 0.05) is 23.3 Å². The van der Waals surface area contributed by atoms with E-state index in [4.69, 9.17) is 4.74 Å². The summed E-state index contributed by atoms with van der Waals surface area (Å²) >= 11 is 0. The molecule has 0 bridgehead atoms. The molecule has 94 valence electrons. The van der Waals surface area contributed by atoms with Crippen molar-refractivity contribution >= 4 is 16.6 Å². The highest BCUT2D eigenvalue weighted by Gasteiger charge is 2.05. The Labute approximate surface area is 107 Å². The Bertz CT molecular complexity index is 564. The maximum atomic E-state index is 5.53. The van der Waals surface area contributed by atoms with Crippen molar-refractivity contribution in [3.8, 4) is 5.75 Å². The Morgan fingerprint density at radius 2 is 2.22 bits per heavy atom. The van der Waals surface area contributed by atoms with Gasteiger partial charge >= 0.3 is 0 Å². The van der Waals surface area contributed by atoms with Gasteiger partial charge in [-0.15, -0.1) is 6.58 Å². The summed E-state index contributed by atoms with van der Waals surface area (Å²) in [5.41, 5.74) is 3.04. The molecule has 0 aliphatic heterocycles. The van der Waals surface area contributed by atoms with E-state index in [2.05, 4.69) is 16.9 Å². The van der Waals surface area contributed by atoms with E-state index in [0.29, 0.717) is 6.61 Å². The number of rotatable bonds is 5. The number of aryl methyl sites for hydroxylation is 1. The lowest BCUT2D eigenvalue weighted by atomic mass is 10.1. The van der Waals surface area contributed by atoms with E-state index in [-0.39, 0.29) is 0 Å². The first-order chi connectivity index (χ1) is 8.74. The molecule has 0 aliphatic carbocycles. The predicted molar refractivity (Wildman–Crippen MR) is 76.3 cm³/mol. The van der Waals surface area contributed by atoms with Gasteiger partial charge in [0.15, 0.2) is 0 Å². The lowest BCUT2D eigenvalue weighted by Gasteiger charge is -2.11. The van der Waals surface area contributed by atoms with Gasteiger partial charge in [0.1, 0.15) is 5.75 Å². The van der Waals surface area contributed by atoms with Crippen LogP contribution in [0.1, 0.15) is 12.6 Å². The maximum Gasteiger partial charge on any atom is 0.120 e. The fourth-order valence-electron chi connectivity index (χ4n) is 1.92. The number of hydrogen-bond donors (Lipinski definition) is 1. The lowest BCUT2D eigenvalue weighted by Crippen LogP contribution is -2.00. The average Bonchev–Trinajstić information content (AvgIpc) is 2.36. The van der Waals surface area contributed by atoms with Crippen molar-refractivity contribution in [3.63, 3.8) is 0 Å². The zero-order valence-electron chi connectivity index (χ0n) is 10.9. The van der Waals surface area contributed by atoms with E-state index in [1.165, 1.54) is 0 Å². The van der Waals surface area contributed by atoms with Crippen LogP contribution in [0.3, 0.4) is 0 Å². The first kappa shape index (κ1) is 12.4. The van der Waals surface area contributed by atoms with Gasteiger partial charge in [0.2, 0.25) is 0 Å². The van der Waals surface area contributed by atoms with Crippen LogP contribution in [0.2, 0.25) is 0 Å². The summed E-state index contributed by atoms with van der Waals surface area (Å²) in [6.07, 6.45) is 1.84. The van der Waals surface area contributed by atoms with E-state index >= 15 is 0 Å². The summed E-state index contributed by atoms with van der Waals surface area (Å²) in [7, 11) is 0. The van der Waals surface area contributed by atoms with Gasteiger partial charge in [0.25, 0.3) is 0 Å². The molecule has 0 saturated heterocycles. The lowest BCUT2D eigenvalue weighted by molar-refractivity contribution is 0.340. The molecule has 2 rings (SSSR count). The van der Waals surface area contributed by atoms with Crippen LogP contribution >= 0.6 is 0 Å². The molecule has 3 heteroatoms. The molecule has 0 atom stereocenters. The minimum Gasteiger partial charge on any atom is -0.494 e. The number of anilines is 1. The van der Waals surface area contributed by atoms with Crippen molar-refractivity contribution in [2.24, 2.45) is 0 Å². The third-order valence-corrected chi connectivity index (χ3v) is 2.66. The van der Waals surface area contributed by atoms with Crippen molar-refractivity contribution in [3.05, 3.63) is 42.6 Å². The van der Waals surface area contributed by atoms with Crippen LogP contribution < -0.4 is 10.1 Å². The zero-order valence-corrected chi connectivity index (χ0v) is 10.9. The molecule has 0 aliphatic rings. The Kier molecular flexibility index (Phi) is 3.82. The number of ether oxygens (including phenoxy) is 1. The first-order valence-electron chi connectivity index (χ1n) is 6.13.